The Morgan fingerprint density at radius 1 is 1.20 bits per heavy atom. The van der Waals surface area contributed by atoms with E-state index in [4.69, 9.17) is 14.3 Å². The number of hydrogen-bond acceptors (Lipinski definition) is 6. The maximum Gasteiger partial charge on any atom is 0.235 e. The van der Waals surface area contributed by atoms with Crippen molar-refractivity contribution in [2.45, 2.75) is 38.2 Å². The van der Waals surface area contributed by atoms with Crippen LogP contribution in [-0.4, -0.2) is 28.7 Å². The van der Waals surface area contributed by atoms with E-state index in [1.165, 1.54) is 18.2 Å². The fraction of sp³-hybridized carbons (Fsp3) is 0.333. The topological polar surface area (TPSA) is 85.2 Å². The van der Waals surface area contributed by atoms with Gasteiger partial charge < -0.3 is 19.4 Å². The Kier molecular flexibility index (Phi) is 5.97. The van der Waals surface area contributed by atoms with Crippen LogP contribution in [0.15, 0.2) is 47.4 Å². The highest BCUT2D eigenvalue weighted by atomic mass is 19.1. The number of aliphatic hydroxyl groups is 1. The van der Waals surface area contributed by atoms with Crippen molar-refractivity contribution in [1.82, 2.24) is 10.6 Å². The molecule has 0 amide bonds. The number of benzene rings is 1. The second-order valence-electron chi connectivity index (χ2n) is 7.02. The van der Waals surface area contributed by atoms with E-state index in [1.54, 1.807) is 18.3 Å². The Morgan fingerprint density at radius 3 is 2.70 bits per heavy atom. The maximum absolute atomic E-state index is 14.6. The average molecular weight is 417 g/mol. The minimum atomic E-state index is -0.832. The Labute approximate surface area is 171 Å². The number of aliphatic hydroxyl groups excluding tert-OH is 1. The van der Waals surface area contributed by atoms with Crippen LogP contribution in [0.5, 0.6) is 11.6 Å². The molecular weight excluding hydrogens is 396 g/mol. The molecule has 2 N–H and O–H groups in total. The lowest BCUT2D eigenvalue weighted by atomic mass is 10.1. The largest absolute Gasteiger partial charge is 0.492 e. The van der Waals surface area contributed by atoms with Crippen LogP contribution in [-0.2, 0) is 4.84 Å². The number of halogens is 2. The molecule has 1 aromatic heterocycles. The van der Waals surface area contributed by atoms with Gasteiger partial charge in [0.1, 0.15) is 11.9 Å². The normalized spacial score (nSPS) is 16.3. The van der Waals surface area contributed by atoms with Gasteiger partial charge in [-0.1, -0.05) is 0 Å². The number of pyridine rings is 1. The van der Waals surface area contributed by atoms with Crippen molar-refractivity contribution >= 4 is 5.90 Å². The average Bonchev–Trinajstić information content (AvgIpc) is 3.23. The first kappa shape index (κ1) is 19.9. The molecule has 7 nitrogen and oxygen atoms in total. The number of nitrogens with one attached hydrogen (secondary N) is 1. The molecule has 0 atom stereocenters. The van der Waals surface area contributed by atoms with Crippen LogP contribution in [0.1, 0.15) is 32.1 Å². The van der Waals surface area contributed by atoms with E-state index in [9.17, 15) is 13.9 Å². The molecule has 1 saturated carbocycles. The summed E-state index contributed by atoms with van der Waals surface area (Å²) in [6, 6.07) is 5.82. The lowest BCUT2D eigenvalue weighted by molar-refractivity contribution is 0.0881. The van der Waals surface area contributed by atoms with E-state index in [0.717, 1.165) is 25.7 Å². The predicted molar refractivity (Wildman–Crippen MR) is 105 cm³/mol. The molecule has 0 spiro atoms. The predicted octanol–water partition coefficient (Wildman–Crippen LogP) is 4.41. The van der Waals surface area contributed by atoms with E-state index in [-0.39, 0.29) is 25.0 Å². The van der Waals surface area contributed by atoms with Gasteiger partial charge in [-0.05, 0) is 55.5 Å². The summed E-state index contributed by atoms with van der Waals surface area (Å²) in [6.45, 7) is -0.0586. The highest BCUT2D eigenvalue weighted by Gasteiger charge is 2.21. The van der Waals surface area contributed by atoms with Crippen molar-refractivity contribution in [2.75, 3.05) is 6.61 Å². The van der Waals surface area contributed by atoms with Gasteiger partial charge in [0, 0.05) is 24.3 Å². The molecule has 0 unspecified atom stereocenters. The molecule has 1 aromatic carbocycles. The number of nitrogens with zero attached hydrogens (tertiary/aromatic N) is 2. The number of rotatable bonds is 7. The Bertz CT molecular complexity index is 951. The lowest BCUT2D eigenvalue weighted by Crippen LogP contribution is -2.17. The van der Waals surface area contributed by atoms with Crippen molar-refractivity contribution in [1.29, 1.82) is 0 Å². The molecule has 2 aliphatic rings. The highest BCUT2D eigenvalue weighted by Crippen LogP contribution is 2.35. The summed E-state index contributed by atoms with van der Waals surface area (Å²) in [5, 5.41) is 12.7. The van der Waals surface area contributed by atoms with Gasteiger partial charge in [-0.2, -0.15) is 0 Å². The molecule has 0 bridgehead atoms. The lowest BCUT2D eigenvalue weighted by Gasteiger charge is -2.16. The third kappa shape index (κ3) is 4.61. The molecular formula is C21H21F2N3O4. The van der Waals surface area contributed by atoms with Gasteiger partial charge in [0.05, 0.1) is 6.61 Å². The third-order valence-electron chi connectivity index (χ3n) is 4.88. The second kappa shape index (κ2) is 8.98. The molecule has 1 fully saturated rings. The summed E-state index contributed by atoms with van der Waals surface area (Å²) in [5.74, 6) is -1.71. The molecule has 1 aliphatic carbocycles. The fourth-order valence-corrected chi connectivity index (χ4v) is 3.43. The summed E-state index contributed by atoms with van der Waals surface area (Å²) < 4.78 is 40.5. The first-order valence-electron chi connectivity index (χ1n) is 9.73. The van der Waals surface area contributed by atoms with Crippen LogP contribution >= 0.6 is 0 Å². The summed E-state index contributed by atoms with van der Waals surface area (Å²) in [4.78, 5) is 9.22. The first-order valence-corrected chi connectivity index (χ1v) is 9.73. The maximum atomic E-state index is 14.6. The monoisotopic (exact) mass is 417 g/mol. The van der Waals surface area contributed by atoms with Crippen LogP contribution in [0.25, 0.3) is 11.1 Å². The summed E-state index contributed by atoms with van der Waals surface area (Å²) in [5.41, 5.74) is 3.01. The van der Waals surface area contributed by atoms with Crippen LogP contribution in [0, 0.1) is 11.6 Å². The van der Waals surface area contributed by atoms with Crippen molar-refractivity contribution < 1.29 is 28.2 Å². The van der Waals surface area contributed by atoms with Gasteiger partial charge in [-0.3, -0.25) is 0 Å². The zero-order chi connectivity index (χ0) is 20.9. The van der Waals surface area contributed by atoms with Crippen molar-refractivity contribution in [2.24, 2.45) is 5.10 Å². The van der Waals surface area contributed by atoms with Gasteiger partial charge >= 0.3 is 0 Å². The minimum absolute atomic E-state index is 0.0586. The quantitative estimate of drug-likeness (QED) is 0.694. The minimum Gasteiger partial charge on any atom is -0.492 e. The van der Waals surface area contributed by atoms with Gasteiger partial charge in [0.25, 0.3) is 0 Å². The molecule has 2 aromatic rings. The highest BCUT2D eigenvalue weighted by molar-refractivity contribution is 5.86. The number of hydrazone groups is 1. The molecule has 4 rings (SSSR count). The van der Waals surface area contributed by atoms with Gasteiger partial charge in [0.2, 0.25) is 11.8 Å². The van der Waals surface area contributed by atoms with Crippen LogP contribution in [0.4, 0.5) is 8.78 Å². The molecule has 2 heterocycles. The molecule has 1 aliphatic heterocycles. The van der Waals surface area contributed by atoms with Gasteiger partial charge in [0.15, 0.2) is 17.4 Å². The number of aromatic nitrogens is 1. The second-order valence-corrected chi connectivity index (χ2v) is 7.02. The van der Waals surface area contributed by atoms with E-state index < -0.39 is 17.4 Å². The van der Waals surface area contributed by atoms with E-state index in [1.807, 2.05) is 0 Å². The summed E-state index contributed by atoms with van der Waals surface area (Å²) in [7, 11) is 0. The van der Waals surface area contributed by atoms with Crippen molar-refractivity contribution in [3.8, 4) is 22.8 Å². The molecule has 30 heavy (non-hydrogen) atoms. The van der Waals surface area contributed by atoms with Gasteiger partial charge in [-0.15, -0.1) is 10.7 Å². The SMILES string of the molecule is OC1=NNOC(CCOc2c(F)cc(-c3cccnc3OC3CCCC3)cc2F)=C1. The number of ether oxygens (including phenoxy) is 2. The Hall–Kier alpha value is -3.36. The van der Waals surface area contributed by atoms with E-state index >= 15 is 0 Å². The van der Waals surface area contributed by atoms with Crippen molar-refractivity contribution in [3.05, 3.63) is 53.9 Å². The van der Waals surface area contributed by atoms with Crippen LogP contribution in [0.3, 0.4) is 0 Å². The molecule has 9 heteroatoms. The van der Waals surface area contributed by atoms with Crippen LogP contribution < -0.4 is 15.1 Å². The zero-order valence-corrected chi connectivity index (χ0v) is 16.1. The van der Waals surface area contributed by atoms with E-state index in [2.05, 4.69) is 15.7 Å². The summed E-state index contributed by atoms with van der Waals surface area (Å²) >= 11 is 0. The fourth-order valence-electron chi connectivity index (χ4n) is 3.43. The standard InChI is InChI=1S/C21H21F2N3O4/c22-17-10-13(16-6-3-8-24-21(16)29-14-4-1-2-5-14)11-18(23)20(17)28-9-7-15-12-19(27)25-26-30-15/h3,6,8,10-12,14,26H,1-2,4-5,7,9H2,(H,25,27). The molecule has 0 saturated heterocycles. The summed E-state index contributed by atoms with van der Waals surface area (Å²) in [6.07, 6.45) is 7.23. The van der Waals surface area contributed by atoms with Crippen molar-refractivity contribution in [3.63, 3.8) is 0 Å². The Balaban J connectivity index is 1.48. The van der Waals surface area contributed by atoms with E-state index in [0.29, 0.717) is 22.8 Å². The molecule has 158 valence electrons. The van der Waals surface area contributed by atoms with Crippen LogP contribution in [0.2, 0.25) is 0 Å². The molecule has 0 radical (unpaired) electrons. The van der Waals surface area contributed by atoms with Gasteiger partial charge in [-0.25, -0.2) is 13.8 Å². The smallest absolute Gasteiger partial charge is 0.235 e. The zero-order valence-electron chi connectivity index (χ0n) is 16.1. The first-order chi connectivity index (χ1) is 14.6. The third-order valence-corrected chi connectivity index (χ3v) is 4.88. The number of hydrogen-bond donors (Lipinski definition) is 2. The Morgan fingerprint density at radius 2 is 1.97 bits per heavy atom.